The van der Waals surface area contributed by atoms with Gasteiger partial charge in [0.1, 0.15) is 5.69 Å². The largest absolute Gasteiger partial charge is 0.444 e. The first-order valence-electron chi connectivity index (χ1n) is 10.8. The van der Waals surface area contributed by atoms with Gasteiger partial charge < -0.3 is 10.1 Å². The van der Waals surface area contributed by atoms with Crippen LogP contribution in [0.25, 0.3) is 17.1 Å². The second-order valence-corrected chi connectivity index (χ2v) is 8.34. The number of nitro benzene ring substituents is 1. The van der Waals surface area contributed by atoms with E-state index in [2.05, 4.69) is 31.0 Å². The highest BCUT2D eigenvalue weighted by atomic mass is 35.5. The highest BCUT2D eigenvalue weighted by molar-refractivity contribution is 6.30. The number of amides is 2. The summed E-state index contributed by atoms with van der Waals surface area (Å²) in [5.41, 5.74) is 0.838. The van der Waals surface area contributed by atoms with Crippen molar-refractivity contribution in [3.8, 4) is 17.1 Å². The first-order chi connectivity index (χ1) is 18.2. The third-order valence-corrected chi connectivity index (χ3v) is 5.54. The van der Waals surface area contributed by atoms with E-state index in [1.165, 1.54) is 32.0 Å². The van der Waals surface area contributed by atoms with Crippen molar-refractivity contribution >= 4 is 40.8 Å². The molecule has 16 heteroatoms. The summed E-state index contributed by atoms with van der Waals surface area (Å²) >= 11 is 5.98. The topological polar surface area (TPSA) is 184 Å². The van der Waals surface area contributed by atoms with Crippen molar-refractivity contribution in [3.63, 3.8) is 0 Å². The number of benzene rings is 2. The monoisotopic (exact) mass is 537 g/mol. The quantitative estimate of drug-likeness (QED) is 0.283. The van der Waals surface area contributed by atoms with Gasteiger partial charge in [-0.3, -0.25) is 19.7 Å². The lowest BCUT2D eigenvalue weighted by Crippen LogP contribution is -2.26. The van der Waals surface area contributed by atoms with Crippen molar-refractivity contribution in [3.05, 3.63) is 74.9 Å². The van der Waals surface area contributed by atoms with E-state index in [1.54, 1.807) is 30.3 Å². The van der Waals surface area contributed by atoms with Crippen molar-refractivity contribution in [1.82, 2.24) is 30.3 Å². The average molecular weight is 538 g/mol. The van der Waals surface area contributed by atoms with Crippen LogP contribution < -0.4 is 5.32 Å². The van der Waals surface area contributed by atoms with Crippen molar-refractivity contribution in [2.24, 2.45) is 5.10 Å². The van der Waals surface area contributed by atoms with Gasteiger partial charge in [-0.15, -0.1) is 10.2 Å². The molecular formula is C22H16ClN9O6. The minimum atomic E-state index is -1.20. The molecule has 0 unspecified atom stereocenters. The van der Waals surface area contributed by atoms with Crippen LogP contribution in [0.5, 0.6) is 0 Å². The van der Waals surface area contributed by atoms with Gasteiger partial charge in [0.15, 0.2) is 5.69 Å². The van der Waals surface area contributed by atoms with Gasteiger partial charge in [0.05, 0.1) is 4.92 Å². The molecule has 2 aromatic heterocycles. The lowest BCUT2D eigenvalue weighted by molar-refractivity contribution is -0.384. The predicted octanol–water partition coefficient (Wildman–Crippen LogP) is 3.08. The molecule has 0 aliphatic carbocycles. The normalized spacial score (nSPS) is 14.7. The Bertz CT molecular complexity index is 1600. The number of carbonyl (C=O) groups is 2. The molecule has 0 saturated carbocycles. The van der Waals surface area contributed by atoms with Gasteiger partial charge in [0, 0.05) is 42.1 Å². The van der Waals surface area contributed by atoms with E-state index in [0.29, 0.717) is 10.6 Å². The lowest BCUT2D eigenvalue weighted by atomic mass is 10.1. The zero-order chi connectivity index (χ0) is 27.0. The van der Waals surface area contributed by atoms with Gasteiger partial charge in [-0.2, -0.15) is 9.69 Å². The van der Waals surface area contributed by atoms with Gasteiger partial charge in [0.2, 0.25) is 35.6 Å². The van der Waals surface area contributed by atoms with Crippen LogP contribution in [0.1, 0.15) is 31.3 Å². The lowest BCUT2D eigenvalue weighted by Gasteiger charge is -2.18. The molecule has 0 spiro atoms. The molecule has 1 aliphatic rings. The van der Waals surface area contributed by atoms with E-state index < -0.39 is 23.0 Å². The molecule has 15 nitrogen and oxygen atoms in total. The summed E-state index contributed by atoms with van der Waals surface area (Å²) in [5.74, 6) is -0.952. The maximum Gasteiger partial charge on any atom is 0.270 e. The smallest absolute Gasteiger partial charge is 0.270 e. The van der Waals surface area contributed by atoms with E-state index in [4.69, 9.17) is 21.0 Å². The Hall–Kier alpha value is -5.18. The summed E-state index contributed by atoms with van der Waals surface area (Å²) in [4.78, 5) is 35.1. The molecule has 5 rings (SSSR count). The summed E-state index contributed by atoms with van der Waals surface area (Å²) in [6, 6.07) is 12.3. The number of nitrogens with zero attached hydrogens (tertiary/aromatic N) is 8. The fraction of sp³-hybridized carbons (Fsp3) is 0.136. The molecule has 0 bridgehead atoms. The number of rotatable bonds is 6. The van der Waals surface area contributed by atoms with Crippen LogP contribution in [0, 0.1) is 10.1 Å². The van der Waals surface area contributed by atoms with Crippen molar-refractivity contribution in [2.75, 3.05) is 5.32 Å². The maximum atomic E-state index is 12.6. The third kappa shape index (κ3) is 4.53. The highest BCUT2D eigenvalue weighted by Crippen LogP contribution is 2.37. The minimum Gasteiger partial charge on any atom is -0.444 e. The maximum absolute atomic E-state index is 12.6. The number of hydrogen-bond acceptors (Lipinski definition) is 11. The Morgan fingerprint density at radius 3 is 2.55 bits per heavy atom. The molecule has 4 aromatic rings. The van der Waals surface area contributed by atoms with Crippen LogP contribution in [0.3, 0.4) is 0 Å². The number of halogens is 1. The van der Waals surface area contributed by atoms with Crippen molar-refractivity contribution in [1.29, 1.82) is 0 Å². The Balaban J connectivity index is 1.66. The van der Waals surface area contributed by atoms with Crippen LogP contribution in [-0.4, -0.2) is 53.0 Å². The number of hydrogen-bond donors (Lipinski definition) is 1. The standard InChI is InChI=1S/C22H16ClN9O6/c1-11(33)24-19-20(28-38-27-19)31-18(14-4-3-5-16(10-14)32(35)36)17(25-29-31)22-30(12(2)34)26-21(37-22)13-6-8-15(23)9-7-13/h3-10,22H,1-2H3,(H,24,27,33)/t22-/m0/s1. The molecule has 2 amide bonds. The summed E-state index contributed by atoms with van der Waals surface area (Å²) < 4.78 is 12.0. The Morgan fingerprint density at radius 1 is 1.11 bits per heavy atom. The summed E-state index contributed by atoms with van der Waals surface area (Å²) in [6.45, 7) is 2.55. The number of ether oxygens (including phenoxy) is 1. The fourth-order valence-electron chi connectivity index (χ4n) is 3.67. The molecule has 1 N–H and O–H groups in total. The van der Waals surface area contributed by atoms with Crippen LogP contribution in [0.4, 0.5) is 11.5 Å². The Kier molecular flexibility index (Phi) is 6.26. The molecule has 1 atom stereocenters. The van der Waals surface area contributed by atoms with Gasteiger partial charge >= 0.3 is 0 Å². The zero-order valence-corrected chi connectivity index (χ0v) is 20.4. The third-order valence-electron chi connectivity index (χ3n) is 5.28. The second-order valence-electron chi connectivity index (χ2n) is 7.91. The number of aromatic nitrogens is 5. The SMILES string of the molecule is CC(=O)Nc1nonc1-n1nnc([C@@H]2OC(c3ccc(Cl)cc3)=NN2C(C)=O)c1-c1cccc([N+](=O)[O-])c1. The predicted molar refractivity (Wildman–Crippen MR) is 130 cm³/mol. The van der Waals surface area contributed by atoms with Crippen LogP contribution >= 0.6 is 11.6 Å². The number of hydrazone groups is 1. The molecule has 192 valence electrons. The molecular weight excluding hydrogens is 522 g/mol. The number of nitro groups is 1. The first-order valence-corrected chi connectivity index (χ1v) is 11.2. The van der Waals surface area contributed by atoms with E-state index in [1.807, 2.05) is 0 Å². The molecule has 0 radical (unpaired) electrons. The van der Waals surface area contributed by atoms with Gasteiger partial charge in [-0.1, -0.05) is 28.9 Å². The zero-order valence-electron chi connectivity index (χ0n) is 19.6. The van der Waals surface area contributed by atoms with Crippen LogP contribution in [-0.2, 0) is 14.3 Å². The van der Waals surface area contributed by atoms with Crippen molar-refractivity contribution < 1.29 is 23.9 Å². The number of nitrogens with one attached hydrogen (secondary N) is 1. The van der Waals surface area contributed by atoms with Crippen molar-refractivity contribution in [2.45, 2.75) is 20.1 Å². The van der Waals surface area contributed by atoms with Gasteiger partial charge in [0.25, 0.3) is 5.69 Å². The Labute approximate surface area is 217 Å². The van der Waals surface area contributed by atoms with Crippen LogP contribution in [0.15, 0.2) is 58.3 Å². The minimum absolute atomic E-state index is 0.0633. The molecule has 38 heavy (non-hydrogen) atoms. The van der Waals surface area contributed by atoms with E-state index in [9.17, 15) is 19.7 Å². The molecule has 3 heterocycles. The summed E-state index contributed by atoms with van der Waals surface area (Å²) in [6.07, 6.45) is -1.20. The number of anilines is 1. The Morgan fingerprint density at radius 2 is 1.87 bits per heavy atom. The van der Waals surface area contributed by atoms with Gasteiger partial charge in [-0.05, 0) is 34.6 Å². The number of non-ortho nitro benzene ring substituents is 1. The fourth-order valence-corrected chi connectivity index (χ4v) is 3.79. The van der Waals surface area contributed by atoms with E-state index >= 15 is 0 Å². The molecule has 2 aromatic carbocycles. The summed E-state index contributed by atoms with van der Waals surface area (Å²) in [5, 5.41) is 35.6. The highest BCUT2D eigenvalue weighted by Gasteiger charge is 2.39. The number of carbonyl (C=O) groups excluding carboxylic acids is 2. The second kappa shape index (κ2) is 9.70. The first kappa shape index (κ1) is 24.5. The van der Waals surface area contributed by atoms with E-state index in [0.717, 1.165) is 9.69 Å². The van der Waals surface area contributed by atoms with E-state index in [-0.39, 0.29) is 40.2 Å². The average Bonchev–Trinajstić information content (AvgIpc) is 3.62. The molecule has 0 saturated heterocycles. The summed E-state index contributed by atoms with van der Waals surface area (Å²) in [7, 11) is 0. The molecule has 1 aliphatic heterocycles. The molecule has 0 fully saturated rings. The van der Waals surface area contributed by atoms with Gasteiger partial charge in [-0.25, -0.2) is 4.63 Å². The van der Waals surface area contributed by atoms with Crippen LogP contribution in [0.2, 0.25) is 5.02 Å².